The summed E-state index contributed by atoms with van der Waals surface area (Å²) in [6.07, 6.45) is 11.5. The third-order valence-electron chi connectivity index (χ3n) is 7.99. The van der Waals surface area contributed by atoms with Crippen LogP contribution in [0.3, 0.4) is 0 Å². The highest BCUT2D eigenvalue weighted by atomic mass is 32.2. The first-order valence-electron chi connectivity index (χ1n) is 12.9. The molecule has 1 amide bonds. The molecule has 3 N–H and O–H groups in total. The van der Waals surface area contributed by atoms with E-state index in [2.05, 4.69) is 23.6 Å². The first-order valence-corrected chi connectivity index (χ1v) is 14.4. The van der Waals surface area contributed by atoms with Crippen molar-refractivity contribution in [2.75, 3.05) is 14.2 Å². The molecular formula is C28H33N3O6S. The Hall–Kier alpha value is -3.21. The van der Waals surface area contributed by atoms with Gasteiger partial charge in [-0.1, -0.05) is 44.4 Å². The lowest BCUT2D eigenvalue weighted by molar-refractivity contribution is -0.136. The molecule has 38 heavy (non-hydrogen) atoms. The second-order valence-corrected chi connectivity index (χ2v) is 11.6. The molecule has 5 rings (SSSR count). The van der Waals surface area contributed by atoms with Gasteiger partial charge in [0.25, 0.3) is 16.1 Å². The molecule has 0 saturated heterocycles. The average Bonchev–Trinajstić information content (AvgIpc) is 3.10. The number of benzene rings is 1. The molecule has 9 nitrogen and oxygen atoms in total. The van der Waals surface area contributed by atoms with Gasteiger partial charge in [0.1, 0.15) is 0 Å². The maximum absolute atomic E-state index is 12.9. The Balaban J connectivity index is 1.80. The zero-order chi connectivity index (χ0) is 27.2. The molecule has 2 heterocycles. The van der Waals surface area contributed by atoms with Crippen LogP contribution < -0.4 is 9.86 Å². The van der Waals surface area contributed by atoms with Crippen LogP contribution in [0.1, 0.15) is 66.6 Å². The Morgan fingerprint density at radius 2 is 1.87 bits per heavy atom. The predicted molar refractivity (Wildman–Crippen MR) is 144 cm³/mol. The highest BCUT2D eigenvalue weighted by Crippen LogP contribution is 2.47. The highest BCUT2D eigenvalue weighted by molar-refractivity contribution is 7.87. The lowest BCUT2D eigenvalue weighted by Crippen LogP contribution is -2.35. The van der Waals surface area contributed by atoms with Crippen molar-refractivity contribution in [1.82, 2.24) is 9.29 Å². The number of methoxy groups -OCH3 is 2. The molecule has 3 aliphatic rings. The van der Waals surface area contributed by atoms with Crippen molar-refractivity contribution in [2.24, 2.45) is 11.1 Å². The minimum absolute atomic E-state index is 0.000441. The largest absolute Gasteiger partial charge is 0.466 e. The van der Waals surface area contributed by atoms with Crippen molar-refractivity contribution in [2.45, 2.75) is 57.6 Å². The van der Waals surface area contributed by atoms with Crippen LogP contribution in [0.2, 0.25) is 0 Å². The summed E-state index contributed by atoms with van der Waals surface area (Å²) >= 11 is 0. The summed E-state index contributed by atoms with van der Waals surface area (Å²) in [5, 5.41) is 6.04. The smallest absolute Gasteiger partial charge is 0.335 e. The Labute approximate surface area is 222 Å². The van der Waals surface area contributed by atoms with Crippen molar-refractivity contribution in [3.8, 4) is 0 Å². The average molecular weight is 540 g/mol. The number of nitrogens with two attached hydrogens (primary N) is 1. The van der Waals surface area contributed by atoms with E-state index in [1.807, 2.05) is 16.9 Å². The highest BCUT2D eigenvalue weighted by Gasteiger charge is 2.34. The van der Waals surface area contributed by atoms with Crippen LogP contribution in [0.25, 0.3) is 16.5 Å². The van der Waals surface area contributed by atoms with E-state index in [-0.39, 0.29) is 24.1 Å². The molecule has 0 radical (unpaired) electrons. The van der Waals surface area contributed by atoms with E-state index in [0.717, 1.165) is 53.4 Å². The molecule has 10 heteroatoms. The van der Waals surface area contributed by atoms with Crippen molar-refractivity contribution in [3.05, 3.63) is 64.4 Å². The van der Waals surface area contributed by atoms with Gasteiger partial charge in [0.15, 0.2) is 0 Å². The fraction of sp³-hybridized carbons (Fsp3) is 0.429. The molecule has 1 aromatic heterocycles. The zero-order valence-corrected chi connectivity index (χ0v) is 22.6. The van der Waals surface area contributed by atoms with E-state index >= 15 is 0 Å². The molecule has 0 bridgehead atoms. The number of allylic oxidation sites excluding steroid dienone is 3. The molecular weight excluding hydrogens is 506 g/mol. The van der Waals surface area contributed by atoms with Gasteiger partial charge in [-0.3, -0.25) is 4.79 Å². The summed E-state index contributed by atoms with van der Waals surface area (Å²) in [6.45, 7) is 2.34. The molecule has 2 unspecified atom stereocenters. The fourth-order valence-corrected chi connectivity index (χ4v) is 6.58. The van der Waals surface area contributed by atoms with Gasteiger partial charge in [-0.25, -0.2) is 14.7 Å². The number of hydrogen-bond donors (Lipinski definition) is 2. The van der Waals surface area contributed by atoms with Crippen LogP contribution in [-0.4, -0.2) is 45.2 Å². The number of nitrogens with zero attached hydrogens (tertiary/aromatic N) is 1. The molecule has 202 valence electrons. The van der Waals surface area contributed by atoms with Gasteiger partial charge in [0, 0.05) is 35.1 Å². The monoisotopic (exact) mass is 539 g/mol. The molecule has 0 spiro atoms. The summed E-state index contributed by atoms with van der Waals surface area (Å²) in [5.41, 5.74) is 5.67. The number of nitrogens with one attached hydrogen (secondary N) is 1. The van der Waals surface area contributed by atoms with Gasteiger partial charge in [0.05, 0.1) is 31.0 Å². The Kier molecular flexibility index (Phi) is 7.06. The topological polar surface area (TPSA) is 130 Å². The molecule has 1 aliphatic heterocycles. The molecule has 2 atom stereocenters. The number of fused-ring (bicyclic) bond motifs is 4. The second kappa shape index (κ2) is 10.2. The number of rotatable bonds is 5. The predicted octanol–water partition coefficient (Wildman–Crippen LogP) is 3.71. The van der Waals surface area contributed by atoms with E-state index < -0.39 is 22.1 Å². The van der Waals surface area contributed by atoms with Crippen LogP contribution in [-0.2, 0) is 31.0 Å². The number of esters is 1. The summed E-state index contributed by atoms with van der Waals surface area (Å²) in [7, 11) is -1.18. The van der Waals surface area contributed by atoms with Crippen molar-refractivity contribution in [3.63, 3.8) is 0 Å². The first-order chi connectivity index (χ1) is 18.1. The van der Waals surface area contributed by atoms with Crippen LogP contribution in [0.5, 0.6) is 0 Å². The SMILES string of the molecule is COC(=O)C1=CC2=C(C=CC(OC)C2C)c2c(C3CCCCC3)c3ccc(C(=O)NS(N)(=O)=O)cc3n2C1. The number of ether oxygens (including phenoxy) is 2. The summed E-state index contributed by atoms with van der Waals surface area (Å²) in [5.74, 6) is -0.913. The maximum atomic E-state index is 12.9. The number of carbonyl (C=O) groups is 2. The molecule has 1 saturated carbocycles. The van der Waals surface area contributed by atoms with Crippen molar-refractivity contribution < 1.29 is 27.5 Å². The summed E-state index contributed by atoms with van der Waals surface area (Å²) in [6, 6.07) is 5.19. The maximum Gasteiger partial charge on any atom is 0.335 e. The minimum Gasteiger partial charge on any atom is -0.466 e. The van der Waals surface area contributed by atoms with Crippen molar-refractivity contribution in [1.29, 1.82) is 0 Å². The Bertz CT molecular complexity index is 1510. The van der Waals surface area contributed by atoms with Gasteiger partial charge in [0.2, 0.25) is 0 Å². The van der Waals surface area contributed by atoms with Crippen molar-refractivity contribution >= 4 is 38.6 Å². The third-order valence-corrected chi connectivity index (χ3v) is 8.46. The standard InChI is InChI=1S/C28H33N3O6S/c1-16-22-13-19(28(33)37-3)15-31-23-14-18(27(32)30-38(29,34)35)9-10-21(23)25(17-7-5-4-6-8-17)26(31)20(22)11-12-24(16)36-2/h9-14,16-17,24H,4-8,15H2,1-3H3,(H,30,32)(H2,29,34,35). The van der Waals surface area contributed by atoms with E-state index in [1.165, 1.54) is 19.1 Å². The molecule has 1 fully saturated rings. The normalized spacial score (nSPS) is 21.9. The third kappa shape index (κ3) is 4.72. The lowest BCUT2D eigenvalue weighted by atomic mass is 9.79. The van der Waals surface area contributed by atoms with E-state index in [1.54, 1.807) is 19.2 Å². The van der Waals surface area contributed by atoms with E-state index in [4.69, 9.17) is 14.6 Å². The minimum atomic E-state index is -4.22. The molecule has 1 aromatic carbocycles. The van der Waals surface area contributed by atoms with E-state index in [9.17, 15) is 18.0 Å². The van der Waals surface area contributed by atoms with Gasteiger partial charge in [-0.2, -0.15) is 8.42 Å². The zero-order valence-electron chi connectivity index (χ0n) is 21.8. The second-order valence-electron chi connectivity index (χ2n) is 10.3. The first kappa shape index (κ1) is 26.4. The number of aromatic nitrogens is 1. The summed E-state index contributed by atoms with van der Waals surface area (Å²) in [4.78, 5) is 25.6. The number of hydrogen-bond acceptors (Lipinski definition) is 6. The fourth-order valence-electron chi connectivity index (χ4n) is 6.21. The van der Waals surface area contributed by atoms with Crippen LogP contribution in [0.15, 0.2) is 47.6 Å². The number of carbonyl (C=O) groups excluding carboxylic acids is 2. The Morgan fingerprint density at radius 1 is 1.13 bits per heavy atom. The summed E-state index contributed by atoms with van der Waals surface area (Å²) < 4.78 is 37.8. The van der Waals surface area contributed by atoms with E-state index in [0.29, 0.717) is 11.5 Å². The number of amides is 1. The quantitative estimate of drug-likeness (QED) is 0.557. The van der Waals surface area contributed by atoms with Gasteiger partial charge >= 0.3 is 5.97 Å². The van der Waals surface area contributed by atoms with Crippen LogP contribution in [0.4, 0.5) is 0 Å². The molecule has 2 aliphatic carbocycles. The van der Waals surface area contributed by atoms with Crippen LogP contribution in [0, 0.1) is 5.92 Å². The van der Waals surface area contributed by atoms with Gasteiger partial charge < -0.3 is 14.0 Å². The van der Waals surface area contributed by atoms with Gasteiger partial charge in [-0.05, 0) is 48.1 Å². The van der Waals surface area contributed by atoms with Gasteiger partial charge in [-0.15, -0.1) is 0 Å². The lowest BCUT2D eigenvalue weighted by Gasteiger charge is -2.29. The molecule has 2 aromatic rings. The Morgan fingerprint density at radius 3 is 2.53 bits per heavy atom. The van der Waals surface area contributed by atoms with Crippen LogP contribution >= 0.6 is 0 Å².